The fourth-order valence-corrected chi connectivity index (χ4v) is 4.43. The average molecular weight is 517 g/mol. The molecule has 0 spiro atoms. The molecule has 1 fully saturated rings. The lowest BCUT2D eigenvalue weighted by Gasteiger charge is -2.24. The number of hydrogen-bond donors (Lipinski definition) is 3. The fraction of sp³-hybridized carbons (Fsp3) is 0.400. The molecule has 0 radical (unpaired) electrons. The molecule has 1 aliphatic heterocycles. The van der Waals surface area contributed by atoms with Crippen LogP contribution in [0.3, 0.4) is 0 Å². The minimum atomic E-state index is -0.533. The second kappa shape index (κ2) is 10.9. The summed E-state index contributed by atoms with van der Waals surface area (Å²) >= 11 is 3.27. The number of amides is 1. The van der Waals surface area contributed by atoms with Crippen molar-refractivity contribution in [3.8, 4) is 0 Å². The predicted octanol–water partition coefficient (Wildman–Crippen LogP) is 4.51. The van der Waals surface area contributed by atoms with Crippen molar-refractivity contribution in [3.63, 3.8) is 0 Å². The quantitative estimate of drug-likeness (QED) is 0.270. The van der Waals surface area contributed by atoms with Gasteiger partial charge in [0.05, 0.1) is 10.4 Å². The first-order valence-electron chi connectivity index (χ1n) is 9.05. The SMILES string of the molecule is C=C(/C=C\C(I)=C/CF)Nc1sc(C(C)=O)c(C)c1C(=O)N[C@@H]1CCCNC1. The molecule has 0 aliphatic carbocycles. The number of Topliss-reactive ketones (excluding diaryl/α,β-unsaturated/α-hetero) is 1. The monoisotopic (exact) mass is 517 g/mol. The van der Waals surface area contributed by atoms with Gasteiger partial charge in [-0.3, -0.25) is 9.59 Å². The fourth-order valence-electron chi connectivity index (χ4n) is 2.95. The highest BCUT2D eigenvalue weighted by atomic mass is 127. The summed E-state index contributed by atoms with van der Waals surface area (Å²) in [5.74, 6) is -0.272. The van der Waals surface area contributed by atoms with Crippen molar-refractivity contribution < 1.29 is 14.0 Å². The summed E-state index contributed by atoms with van der Waals surface area (Å²) in [6, 6.07) is 0.0738. The van der Waals surface area contributed by atoms with Gasteiger partial charge in [0.2, 0.25) is 0 Å². The Morgan fingerprint density at radius 1 is 1.43 bits per heavy atom. The maximum atomic E-state index is 12.9. The Morgan fingerprint density at radius 2 is 2.18 bits per heavy atom. The summed E-state index contributed by atoms with van der Waals surface area (Å²) in [4.78, 5) is 25.5. The maximum Gasteiger partial charge on any atom is 0.254 e. The number of piperidine rings is 1. The molecule has 28 heavy (non-hydrogen) atoms. The van der Waals surface area contributed by atoms with Gasteiger partial charge in [-0.2, -0.15) is 0 Å². The van der Waals surface area contributed by atoms with Gasteiger partial charge in [0.1, 0.15) is 11.7 Å². The van der Waals surface area contributed by atoms with Crippen LogP contribution in [-0.4, -0.2) is 37.5 Å². The first-order chi connectivity index (χ1) is 13.3. The van der Waals surface area contributed by atoms with Gasteiger partial charge in [0, 0.05) is 21.9 Å². The van der Waals surface area contributed by atoms with Gasteiger partial charge in [-0.05, 0) is 79.6 Å². The second-order valence-electron chi connectivity index (χ2n) is 6.56. The summed E-state index contributed by atoms with van der Waals surface area (Å²) in [7, 11) is 0. The zero-order chi connectivity index (χ0) is 20.7. The summed E-state index contributed by atoms with van der Waals surface area (Å²) in [6.07, 6.45) is 6.84. The van der Waals surface area contributed by atoms with Gasteiger partial charge < -0.3 is 16.0 Å². The molecular weight excluding hydrogens is 492 g/mol. The van der Waals surface area contributed by atoms with E-state index in [9.17, 15) is 14.0 Å². The average Bonchev–Trinajstić information content (AvgIpc) is 2.97. The summed E-state index contributed by atoms with van der Waals surface area (Å²) in [6.45, 7) is 8.40. The number of rotatable bonds is 8. The van der Waals surface area contributed by atoms with Gasteiger partial charge in [-0.1, -0.05) is 6.58 Å². The van der Waals surface area contributed by atoms with E-state index in [-0.39, 0.29) is 17.7 Å². The molecule has 1 atom stereocenters. The lowest BCUT2D eigenvalue weighted by atomic mass is 10.1. The molecule has 152 valence electrons. The molecule has 8 heteroatoms. The number of hydrogen-bond acceptors (Lipinski definition) is 5. The first kappa shape index (κ1) is 22.8. The van der Waals surface area contributed by atoms with Crippen molar-refractivity contribution in [2.75, 3.05) is 25.1 Å². The number of anilines is 1. The molecule has 1 aromatic rings. The standard InChI is InChI=1S/C20H25FIN3O2S/c1-12(6-7-15(22)8-9-21)24-20-17(13(2)18(28-20)14(3)26)19(27)25-16-5-4-10-23-11-16/h6-8,16,23-24H,1,4-5,9-11H2,2-3H3,(H,25,27)/b7-6-,15-8+/t16-/m1/s1. The van der Waals surface area contributed by atoms with Crippen LogP contribution in [-0.2, 0) is 0 Å². The molecule has 5 nitrogen and oxygen atoms in total. The van der Waals surface area contributed by atoms with E-state index in [0.29, 0.717) is 26.7 Å². The third-order valence-corrected chi connectivity index (χ3v) is 6.42. The molecule has 1 aliphatic rings. The summed E-state index contributed by atoms with van der Waals surface area (Å²) in [5, 5.41) is 10.1. The number of carbonyl (C=O) groups excluding carboxylic acids is 2. The highest BCUT2D eigenvalue weighted by Crippen LogP contribution is 2.34. The second-order valence-corrected chi connectivity index (χ2v) is 8.83. The number of nitrogens with one attached hydrogen (secondary N) is 3. The molecule has 2 heterocycles. The Kier molecular flexibility index (Phi) is 8.84. The van der Waals surface area contributed by atoms with Crippen molar-refractivity contribution in [1.82, 2.24) is 10.6 Å². The van der Waals surface area contributed by atoms with Crippen LogP contribution in [0.1, 0.15) is 45.4 Å². The number of halogens is 2. The van der Waals surface area contributed by atoms with Crippen molar-refractivity contribution >= 4 is 50.6 Å². The Labute approximate surface area is 182 Å². The lowest BCUT2D eigenvalue weighted by Crippen LogP contribution is -2.45. The Bertz CT molecular complexity index is 811. The highest BCUT2D eigenvalue weighted by Gasteiger charge is 2.25. The normalized spacial score (nSPS) is 17.6. The number of carbonyl (C=O) groups is 2. The van der Waals surface area contributed by atoms with Crippen LogP contribution in [0.4, 0.5) is 9.39 Å². The van der Waals surface area contributed by atoms with Crippen LogP contribution >= 0.6 is 33.9 Å². The largest absolute Gasteiger partial charge is 0.348 e. The van der Waals surface area contributed by atoms with Crippen LogP contribution in [0.25, 0.3) is 0 Å². The van der Waals surface area contributed by atoms with Gasteiger partial charge >= 0.3 is 0 Å². The van der Waals surface area contributed by atoms with Crippen molar-refractivity contribution in [1.29, 1.82) is 0 Å². The highest BCUT2D eigenvalue weighted by molar-refractivity contribution is 14.1. The van der Waals surface area contributed by atoms with E-state index in [1.807, 2.05) is 22.6 Å². The Hall–Kier alpha value is -1.52. The van der Waals surface area contributed by atoms with Crippen molar-refractivity contribution in [2.45, 2.75) is 32.7 Å². The number of thiophene rings is 1. The molecule has 2 rings (SSSR count). The zero-order valence-corrected chi connectivity index (χ0v) is 19.0. The summed E-state index contributed by atoms with van der Waals surface area (Å²) < 4.78 is 13.1. The molecule has 3 N–H and O–H groups in total. The van der Waals surface area contributed by atoms with E-state index < -0.39 is 6.67 Å². The van der Waals surface area contributed by atoms with Crippen LogP contribution in [0, 0.1) is 6.92 Å². The zero-order valence-electron chi connectivity index (χ0n) is 16.0. The molecule has 1 aromatic heterocycles. The van der Waals surface area contributed by atoms with E-state index in [1.165, 1.54) is 24.3 Å². The van der Waals surface area contributed by atoms with Crippen LogP contribution in [0.5, 0.6) is 0 Å². The van der Waals surface area contributed by atoms with E-state index in [1.54, 1.807) is 19.1 Å². The summed E-state index contributed by atoms with van der Waals surface area (Å²) in [5.41, 5.74) is 1.69. The molecular formula is C20H25FIN3O2S. The van der Waals surface area contributed by atoms with Gasteiger partial charge in [0.15, 0.2) is 5.78 Å². The van der Waals surface area contributed by atoms with Crippen molar-refractivity contribution in [2.24, 2.45) is 0 Å². The third kappa shape index (κ3) is 6.25. The van der Waals surface area contributed by atoms with Crippen LogP contribution in [0.2, 0.25) is 0 Å². The van der Waals surface area contributed by atoms with Gasteiger partial charge in [-0.25, -0.2) is 4.39 Å². The number of alkyl halides is 1. The first-order valence-corrected chi connectivity index (χ1v) is 10.9. The lowest BCUT2D eigenvalue weighted by molar-refractivity contribution is 0.0931. The van der Waals surface area contributed by atoms with E-state index in [2.05, 4.69) is 22.5 Å². The van der Waals surface area contributed by atoms with E-state index in [0.717, 1.165) is 29.5 Å². The van der Waals surface area contributed by atoms with Crippen LogP contribution in [0.15, 0.2) is 34.1 Å². The Balaban J connectivity index is 2.23. The van der Waals surface area contributed by atoms with E-state index in [4.69, 9.17) is 0 Å². The number of ketones is 1. The predicted molar refractivity (Wildman–Crippen MR) is 122 cm³/mol. The molecule has 0 saturated carbocycles. The molecule has 0 aromatic carbocycles. The Morgan fingerprint density at radius 3 is 2.79 bits per heavy atom. The van der Waals surface area contributed by atoms with Crippen LogP contribution < -0.4 is 16.0 Å². The molecule has 0 unspecified atom stereocenters. The number of allylic oxidation sites excluding steroid dienone is 4. The minimum Gasteiger partial charge on any atom is -0.348 e. The van der Waals surface area contributed by atoms with E-state index >= 15 is 0 Å². The molecule has 1 amide bonds. The smallest absolute Gasteiger partial charge is 0.254 e. The van der Waals surface area contributed by atoms with Crippen molar-refractivity contribution in [3.05, 3.63) is 50.1 Å². The molecule has 0 bridgehead atoms. The van der Waals surface area contributed by atoms with Gasteiger partial charge in [-0.15, -0.1) is 11.3 Å². The molecule has 1 saturated heterocycles. The van der Waals surface area contributed by atoms with Gasteiger partial charge in [0.25, 0.3) is 5.91 Å². The topological polar surface area (TPSA) is 70.2 Å². The maximum absolute atomic E-state index is 12.9. The third-order valence-electron chi connectivity index (χ3n) is 4.32. The minimum absolute atomic E-state index is 0.0738.